The van der Waals surface area contributed by atoms with Gasteiger partial charge in [0.25, 0.3) is 11.8 Å². The number of aryl methyl sites for hydroxylation is 1. The molecule has 5 rings (SSSR count). The topological polar surface area (TPSA) is 100 Å². The number of nitrogens with zero attached hydrogens (tertiary/aromatic N) is 1. The zero-order valence-corrected chi connectivity index (χ0v) is 26.8. The van der Waals surface area contributed by atoms with Crippen LogP contribution in [0.2, 0.25) is 5.02 Å². The van der Waals surface area contributed by atoms with Crippen LogP contribution < -0.4 is 16.0 Å². The monoisotopic (exact) mass is 652 g/mol. The van der Waals surface area contributed by atoms with E-state index in [1.165, 1.54) is 23.1 Å². The molecule has 3 N–H and O–H groups in total. The molecule has 0 aliphatic heterocycles. The molecule has 0 fully saturated rings. The molecule has 0 saturated heterocycles. The molecule has 0 spiro atoms. The summed E-state index contributed by atoms with van der Waals surface area (Å²) < 4.78 is 0. The van der Waals surface area contributed by atoms with Crippen molar-refractivity contribution in [2.75, 3.05) is 10.6 Å². The number of anilines is 2. The van der Waals surface area contributed by atoms with Crippen LogP contribution in [0.4, 0.5) is 10.8 Å². The Balaban J connectivity index is 1.21. The predicted octanol–water partition coefficient (Wildman–Crippen LogP) is 8.30. The van der Waals surface area contributed by atoms with Crippen molar-refractivity contribution in [3.8, 4) is 11.3 Å². The van der Waals surface area contributed by atoms with E-state index in [1.807, 2.05) is 79.9 Å². The first-order chi connectivity index (χ1) is 21.7. The molecule has 1 heterocycles. The van der Waals surface area contributed by atoms with Crippen molar-refractivity contribution in [3.05, 3.63) is 136 Å². The molecule has 10 heteroatoms. The molecule has 0 aliphatic rings. The van der Waals surface area contributed by atoms with Crippen molar-refractivity contribution in [2.45, 2.75) is 24.0 Å². The van der Waals surface area contributed by atoms with Crippen molar-refractivity contribution in [2.24, 2.45) is 0 Å². The molecule has 1 atom stereocenters. The predicted molar refractivity (Wildman–Crippen MR) is 185 cm³/mol. The molecule has 0 radical (unpaired) electrons. The van der Waals surface area contributed by atoms with E-state index >= 15 is 0 Å². The van der Waals surface area contributed by atoms with Crippen LogP contribution in [0.3, 0.4) is 0 Å². The number of thiazole rings is 1. The van der Waals surface area contributed by atoms with E-state index in [9.17, 15) is 14.4 Å². The van der Waals surface area contributed by atoms with Gasteiger partial charge in [-0.05, 0) is 68.0 Å². The normalized spacial score (nSPS) is 11.8. The Kier molecular flexibility index (Phi) is 10.5. The number of halogens is 1. The smallest absolute Gasteiger partial charge is 0.272 e. The molecular weight excluding hydrogens is 624 g/mol. The summed E-state index contributed by atoms with van der Waals surface area (Å²) in [6.45, 7) is 3.79. The van der Waals surface area contributed by atoms with E-state index in [1.54, 1.807) is 48.5 Å². The first-order valence-electron chi connectivity index (χ1n) is 14.0. The van der Waals surface area contributed by atoms with Crippen molar-refractivity contribution >= 4 is 69.3 Å². The number of carbonyl (C=O) groups is 3. The van der Waals surface area contributed by atoms with Gasteiger partial charge in [-0.1, -0.05) is 77.8 Å². The number of thioether (sulfide) groups is 1. The van der Waals surface area contributed by atoms with Crippen LogP contribution in [0.5, 0.6) is 0 Å². The Morgan fingerprint density at radius 1 is 0.867 bits per heavy atom. The molecule has 4 aromatic carbocycles. The highest BCUT2D eigenvalue weighted by molar-refractivity contribution is 8.00. The van der Waals surface area contributed by atoms with Crippen LogP contribution in [0, 0.1) is 6.92 Å². The van der Waals surface area contributed by atoms with Crippen molar-refractivity contribution in [3.63, 3.8) is 0 Å². The summed E-state index contributed by atoms with van der Waals surface area (Å²) in [7, 11) is 0. The number of rotatable bonds is 10. The summed E-state index contributed by atoms with van der Waals surface area (Å²) in [5, 5.41) is 11.0. The summed E-state index contributed by atoms with van der Waals surface area (Å²) in [6.07, 6.45) is 1.64. The second kappa shape index (κ2) is 14.9. The van der Waals surface area contributed by atoms with Crippen LogP contribution >= 0.6 is 34.7 Å². The number of amides is 3. The minimum absolute atomic E-state index is 0.108. The number of benzene rings is 4. The van der Waals surface area contributed by atoms with E-state index in [4.69, 9.17) is 11.6 Å². The SMILES string of the molecule is Cc1ccc(/C=C(\NC(=O)c2ccccc2)C(=O)Nc2ccc(SC(C)C(=O)Nc3nc(-c4ccccc4Cl)cs3)cc2)cc1. The molecular formula is C35H29ClN4O3S2. The van der Waals surface area contributed by atoms with Crippen LogP contribution in [-0.2, 0) is 9.59 Å². The van der Waals surface area contributed by atoms with E-state index in [0.717, 1.165) is 21.6 Å². The Bertz CT molecular complexity index is 1840. The zero-order chi connectivity index (χ0) is 31.8. The second-order valence-corrected chi connectivity index (χ2v) is 12.7. The first kappa shape index (κ1) is 31.7. The average Bonchev–Trinajstić information content (AvgIpc) is 3.51. The Morgan fingerprint density at radius 3 is 2.27 bits per heavy atom. The minimum atomic E-state index is -0.465. The summed E-state index contributed by atoms with van der Waals surface area (Å²) in [5.74, 6) is -1.04. The first-order valence-corrected chi connectivity index (χ1v) is 16.1. The third kappa shape index (κ3) is 8.69. The Morgan fingerprint density at radius 2 is 1.56 bits per heavy atom. The van der Waals surface area contributed by atoms with Gasteiger partial charge >= 0.3 is 0 Å². The molecule has 5 aromatic rings. The lowest BCUT2D eigenvalue weighted by Crippen LogP contribution is -2.30. The molecule has 45 heavy (non-hydrogen) atoms. The highest BCUT2D eigenvalue weighted by Crippen LogP contribution is 2.31. The Labute approximate surface area is 274 Å². The fraction of sp³-hybridized carbons (Fsp3) is 0.0857. The summed E-state index contributed by atoms with van der Waals surface area (Å²) in [5.41, 5.74) is 4.46. The number of nitrogens with one attached hydrogen (secondary N) is 3. The molecule has 0 bridgehead atoms. The lowest BCUT2D eigenvalue weighted by molar-refractivity contribution is -0.115. The fourth-order valence-electron chi connectivity index (χ4n) is 4.18. The largest absolute Gasteiger partial charge is 0.321 e. The highest BCUT2D eigenvalue weighted by atomic mass is 35.5. The van der Waals surface area contributed by atoms with Crippen molar-refractivity contribution < 1.29 is 14.4 Å². The van der Waals surface area contributed by atoms with E-state index in [2.05, 4.69) is 20.9 Å². The van der Waals surface area contributed by atoms with Gasteiger partial charge in [-0.25, -0.2) is 4.98 Å². The summed E-state index contributed by atoms with van der Waals surface area (Å²) in [6, 6.07) is 30.9. The summed E-state index contributed by atoms with van der Waals surface area (Å²) >= 11 is 9.00. The van der Waals surface area contributed by atoms with E-state index in [-0.39, 0.29) is 17.5 Å². The molecule has 0 aliphatic carbocycles. The molecule has 226 valence electrons. The summed E-state index contributed by atoms with van der Waals surface area (Å²) in [4.78, 5) is 44.4. The number of hydrogen-bond donors (Lipinski definition) is 3. The lowest BCUT2D eigenvalue weighted by atomic mass is 10.1. The minimum Gasteiger partial charge on any atom is -0.321 e. The van der Waals surface area contributed by atoms with Gasteiger partial charge in [0.15, 0.2) is 5.13 Å². The highest BCUT2D eigenvalue weighted by Gasteiger charge is 2.18. The third-order valence-corrected chi connectivity index (χ3v) is 8.79. The number of carbonyl (C=O) groups excluding carboxylic acids is 3. The van der Waals surface area contributed by atoms with Crippen molar-refractivity contribution in [1.82, 2.24) is 10.3 Å². The lowest BCUT2D eigenvalue weighted by Gasteiger charge is -2.13. The quantitative estimate of drug-likeness (QED) is 0.104. The van der Waals surface area contributed by atoms with Gasteiger partial charge in [-0.15, -0.1) is 23.1 Å². The van der Waals surface area contributed by atoms with Gasteiger partial charge < -0.3 is 16.0 Å². The second-order valence-electron chi connectivity index (χ2n) is 10.0. The van der Waals surface area contributed by atoms with Crippen LogP contribution in [0.25, 0.3) is 17.3 Å². The van der Waals surface area contributed by atoms with Crippen molar-refractivity contribution in [1.29, 1.82) is 0 Å². The van der Waals surface area contributed by atoms with E-state index < -0.39 is 11.2 Å². The number of aromatic nitrogens is 1. The van der Waals surface area contributed by atoms with Crippen LogP contribution in [0.15, 0.2) is 119 Å². The molecule has 3 amide bonds. The Hall–Kier alpha value is -4.70. The standard InChI is InChI=1S/C35H29ClN4O3S2/c1-22-12-14-24(15-13-22)20-30(38-33(42)25-8-4-3-5-9-25)34(43)37-26-16-18-27(19-17-26)45-23(2)32(41)40-35-39-31(21-44-35)28-10-6-7-11-29(28)36/h3-21,23H,1-2H3,(H,37,43)(H,38,42)(H,39,40,41)/b30-20-. The maximum atomic E-state index is 13.3. The maximum Gasteiger partial charge on any atom is 0.272 e. The maximum absolute atomic E-state index is 13.3. The van der Waals surface area contributed by atoms with Gasteiger partial charge in [0.1, 0.15) is 5.70 Å². The van der Waals surface area contributed by atoms with Gasteiger partial charge in [0.2, 0.25) is 5.91 Å². The van der Waals surface area contributed by atoms with Gasteiger partial charge in [-0.3, -0.25) is 14.4 Å². The van der Waals surface area contributed by atoms with Gasteiger partial charge in [0.05, 0.1) is 10.9 Å². The average molecular weight is 653 g/mol. The van der Waals surface area contributed by atoms with Crippen LogP contribution in [-0.4, -0.2) is 28.0 Å². The van der Waals surface area contributed by atoms with Crippen LogP contribution in [0.1, 0.15) is 28.4 Å². The van der Waals surface area contributed by atoms with Gasteiger partial charge in [-0.2, -0.15) is 0 Å². The third-order valence-electron chi connectivity index (χ3n) is 6.60. The zero-order valence-electron chi connectivity index (χ0n) is 24.4. The molecule has 0 saturated carbocycles. The molecule has 1 unspecified atom stereocenters. The molecule has 7 nitrogen and oxygen atoms in total. The molecule has 1 aromatic heterocycles. The van der Waals surface area contributed by atoms with E-state index in [0.29, 0.717) is 27.1 Å². The fourth-order valence-corrected chi connectivity index (χ4v) is 5.99. The number of hydrogen-bond acceptors (Lipinski definition) is 6. The van der Waals surface area contributed by atoms with Gasteiger partial charge in [0, 0.05) is 32.1 Å².